The lowest BCUT2D eigenvalue weighted by molar-refractivity contribution is -0.127. The van der Waals surface area contributed by atoms with Crippen LogP contribution in [-0.2, 0) is 38.0 Å². The van der Waals surface area contributed by atoms with Gasteiger partial charge in [-0.1, -0.05) is 0 Å². The van der Waals surface area contributed by atoms with Crippen molar-refractivity contribution < 1.29 is 38.0 Å². The minimum atomic E-state index is -0.220. The average Bonchev–Trinajstić information content (AvgIpc) is 2.71. The van der Waals surface area contributed by atoms with Gasteiger partial charge in [-0.25, -0.2) is 0 Å². The maximum absolute atomic E-state index is 11.5. The molecule has 0 saturated heterocycles. The van der Waals surface area contributed by atoms with Crippen molar-refractivity contribution in [2.75, 3.05) is 98.9 Å². The van der Waals surface area contributed by atoms with E-state index in [0.29, 0.717) is 79.1 Å². The molecule has 0 aromatic carbocycles. The second-order valence-electron chi connectivity index (χ2n) is 5.63. The zero-order chi connectivity index (χ0) is 21.4. The van der Waals surface area contributed by atoms with Crippen LogP contribution in [0.15, 0.2) is 0 Å². The maximum atomic E-state index is 11.5. The molecule has 0 fully saturated rings. The molecule has 0 aromatic rings. The molecule has 11 nitrogen and oxygen atoms in total. The summed E-state index contributed by atoms with van der Waals surface area (Å²) in [5.74, 6) is -0.429. The van der Waals surface area contributed by atoms with Crippen molar-refractivity contribution in [3.8, 4) is 0 Å². The summed E-state index contributed by atoms with van der Waals surface area (Å²) in [4.78, 5) is 23.0. The highest BCUT2D eigenvalue weighted by molar-refractivity contribution is 5.77. The topological polar surface area (TPSA) is 140 Å². The van der Waals surface area contributed by atoms with Gasteiger partial charge in [0.15, 0.2) is 0 Å². The molecular formula is C18H37N3O8. The van der Waals surface area contributed by atoms with E-state index in [1.54, 1.807) is 0 Å². The summed E-state index contributed by atoms with van der Waals surface area (Å²) >= 11 is 0. The van der Waals surface area contributed by atoms with Crippen molar-refractivity contribution in [1.82, 2.24) is 10.6 Å². The van der Waals surface area contributed by atoms with Gasteiger partial charge in [-0.15, -0.1) is 0 Å². The van der Waals surface area contributed by atoms with Crippen LogP contribution in [0, 0.1) is 0 Å². The molecule has 4 N–H and O–H groups in total. The van der Waals surface area contributed by atoms with Gasteiger partial charge < -0.3 is 44.8 Å². The molecule has 0 spiro atoms. The molecule has 0 atom stereocenters. The number of nitrogens with one attached hydrogen (secondary N) is 2. The maximum Gasteiger partial charge on any atom is 0.246 e. The molecule has 0 radical (unpaired) electrons. The van der Waals surface area contributed by atoms with E-state index in [-0.39, 0.29) is 31.6 Å². The van der Waals surface area contributed by atoms with Crippen molar-refractivity contribution in [3.05, 3.63) is 0 Å². The molecule has 0 unspecified atom stereocenters. The molecule has 0 heterocycles. The fourth-order valence-electron chi connectivity index (χ4n) is 1.84. The van der Waals surface area contributed by atoms with E-state index in [9.17, 15) is 9.59 Å². The van der Waals surface area contributed by atoms with Gasteiger partial charge in [-0.3, -0.25) is 9.59 Å². The van der Waals surface area contributed by atoms with Crippen LogP contribution < -0.4 is 16.4 Å². The number of carbonyl (C=O) groups excluding carboxylic acids is 2. The monoisotopic (exact) mass is 423 g/mol. The van der Waals surface area contributed by atoms with Crippen molar-refractivity contribution in [2.24, 2.45) is 5.73 Å². The second kappa shape index (κ2) is 22.9. The molecule has 0 aliphatic rings. The minimum absolute atomic E-state index is 0.0260. The van der Waals surface area contributed by atoms with E-state index in [4.69, 9.17) is 34.2 Å². The lowest BCUT2D eigenvalue weighted by atomic mass is 10.5. The van der Waals surface area contributed by atoms with Crippen molar-refractivity contribution >= 4 is 11.8 Å². The quantitative estimate of drug-likeness (QED) is 0.174. The normalized spacial score (nSPS) is 10.8. The Kier molecular flexibility index (Phi) is 21.9. The largest absolute Gasteiger partial charge is 0.379 e. The smallest absolute Gasteiger partial charge is 0.246 e. The fourth-order valence-corrected chi connectivity index (χ4v) is 1.84. The van der Waals surface area contributed by atoms with Gasteiger partial charge in [0.2, 0.25) is 11.8 Å². The fraction of sp³-hybridized carbons (Fsp3) is 0.889. The van der Waals surface area contributed by atoms with Crippen LogP contribution in [0.1, 0.15) is 6.92 Å². The Balaban J connectivity index is 3.25. The van der Waals surface area contributed by atoms with E-state index < -0.39 is 0 Å². The number of ether oxygens (including phenoxy) is 6. The summed E-state index contributed by atoms with van der Waals surface area (Å²) in [5, 5.41) is 5.35. The predicted molar refractivity (Wildman–Crippen MR) is 106 cm³/mol. The van der Waals surface area contributed by atoms with Crippen molar-refractivity contribution in [2.45, 2.75) is 6.92 Å². The highest BCUT2D eigenvalue weighted by atomic mass is 16.5. The zero-order valence-electron chi connectivity index (χ0n) is 17.4. The van der Waals surface area contributed by atoms with Crippen molar-refractivity contribution in [3.63, 3.8) is 0 Å². The zero-order valence-corrected chi connectivity index (χ0v) is 17.4. The molecule has 0 aromatic heterocycles. The molecule has 172 valence electrons. The Bertz CT molecular complexity index is 388. The minimum Gasteiger partial charge on any atom is -0.379 e. The summed E-state index contributed by atoms with van der Waals surface area (Å²) in [7, 11) is 0. The molecule has 0 aliphatic heterocycles. The van der Waals surface area contributed by atoms with E-state index >= 15 is 0 Å². The molecule has 0 aliphatic carbocycles. The molecule has 0 saturated carbocycles. The summed E-state index contributed by atoms with van der Waals surface area (Å²) < 4.78 is 31.2. The Morgan fingerprint density at radius 1 is 0.621 bits per heavy atom. The molecule has 0 rings (SSSR count). The number of hydrogen-bond acceptors (Lipinski definition) is 9. The summed E-state index contributed by atoms with van der Waals surface area (Å²) in [6.45, 7) is 7.47. The van der Waals surface area contributed by atoms with E-state index in [1.165, 1.54) is 0 Å². The Labute approximate surface area is 172 Å². The predicted octanol–water partition coefficient (Wildman–Crippen LogP) is -1.70. The summed E-state index contributed by atoms with van der Waals surface area (Å²) in [6.07, 6.45) is 0. The van der Waals surface area contributed by atoms with E-state index in [1.807, 2.05) is 6.92 Å². The molecule has 29 heavy (non-hydrogen) atoms. The van der Waals surface area contributed by atoms with Crippen LogP contribution in [0.3, 0.4) is 0 Å². The summed E-state index contributed by atoms with van der Waals surface area (Å²) in [6, 6.07) is 0. The first-order valence-corrected chi connectivity index (χ1v) is 9.90. The van der Waals surface area contributed by atoms with Crippen LogP contribution in [-0.4, -0.2) is 111 Å². The molecule has 11 heteroatoms. The van der Waals surface area contributed by atoms with E-state index in [0.717, 1.165) is 0 Å². The SMILES string of the molecule is CCOCCOCCNC(=O)COCCOCCNC(=O)COCCOCCN. The number of nitrogens with two attached hydrogens (primary N) is 1. The van der Waals surface area contributed by atoms with Gasteiger partial charge in [0.1, 0.15) is 13.2 Å². The third kappa shape index (κ3) is 22.8. The van der Waals surface area contributed by atoms with Crippen molar-refractivity contribution in [1.29, 1.82) is 0 Å². The number of amides is 2. The average molecular weight is 424 g/mol. The Morgan fingerprint density at radius 2 is 1.03 bits per heavy atom. The third-order valence-corrected chi connectivity index (χ3v) is 3.19. The Hall–Kier alpha value is -1.34. The first-order chi connectivity index (χ1) is 14.2. The molecule has 0 bridgehead atoms. The molecular weight excluding hydrogens is 386 g/mol. The number of carbonyl (C=O) groups is 2. The summed E-state index contributed by atoms with van der Waals surface area (Å²) in [5.41, 5.74) is 5.27. The van der Waals surface area contributed by atoms with Crippen LogP contribution in [0.5, 0.6) is 0 Å². The van der Waals surface area contributed by atoms with Gasteiger partial charge in [-0.05, 0) is 6.92 Å². The highest BCUT2D eigenvalue weighted by Gasteiger charge is 2.02. The molecule has 2 amide bonds. The standard InChI is InChI=1S/C18H37N3O8/c1-2-24-9-10-26-7-4-20-18(23)16-29-14-12-27-8-5-21-17(22)15-28-13-11-25-6-3-19/h2-16,19H2,1H3,(H,20,23)(H,21,22). The van der Waals surface area contributed by atoms with Crippen LogP contribution in [0.25, 0.3) is 0 Å². The van der Waals surface area contributed by atoms with E-state index in [2.05, 4.69) is 10.6 Å². The lowest BCUT2D eigenvalue weighted by Crippen LogP contribution is -2.32. The van der Waals surface area contributed by atoms with Crippen LogP contribution in [0.2, 0.25) is 0 Å². The lowest BCUT2D eigenvalue weighted by Gasteiger charge is -2.09. The highest BCUT2D eigenvalue weighted by Crippen LogP contribution is 1.82. The first-order valence-electron chi connectivity index (χ1n) is 9.90. The number of rotatable bonds is 22. The number of hydrogen-bond donors (Lipinski definition) is 3. The van der Waals surface area contributed by atoms with Crippen LogP contribution in [0.4, 0.5) is 0 Å². The second-order valence-corrected chi connectivity index (χ2v) is 5.63. The van der Waals surface area contributed by atoms with Gasteiger partial charge in [-0.2, -0.15) is 0 Å². The van der Waals surface area contributed by atoms with Gasteiger partial charge in [0, 0.05) is 26.2 Å². The third-order valence-electron chi connectivity index (χ3n) is 3.19. The van der Waals surface area contributed by atoms with Crippen LogP contribution >= 0.6 is 0 Å². The Morgan fingerprint density at radius 3 is 1.48 bits per heavy atom. The van der Waals surface area contributed by atoms with Gasteiger partial charge in [0.25, 0.3) is 0 Å². The van der Waals surface area contributed by atoms with Gasteiger partial charge >= 0.3 is 0 Å². The van der Waals surface area contributed by atoms with Gasteiger partial charge in [0.05, 0.1) is 59.5 Å². The first kappa shape index (κ1) is 27.7.